The van der Waals surface area contributed by atoms with Gasteiger partial charge in [0, 0.05) is 18.7 Å². The summed E-state index contributed by atoms with van der Waals surface area (Å²) in [5.41, 5.74) is 1.81. The predicted octanol–water partition coefficient (Wildman–Crippen LogP) is 2.30. The summed E-state index contributed by atoms with van der Waals surface area (Å²) in [6, 6.07) is 12.4. The molecule has 2 aromatic rings. The molecule has 1 saturated heterocycles. The van der Waals surface area contributed by atoms with Crippen LogP contribution >= 0.6 is 0 Å². The van der Waals surface area contributed by atoms with Crippen molar-refractivity contribution in [1.82, 2.24) is 5.32 Å². The highest BCUT2D eigenvalue weighted by Gasteiger charge is 2.28. The number of benzene rings is 2. The fraction of sp³-hybridized carbons (Fsp3) is 0.235. The van der Waals surface area contributed by atoms with Crippen molar-refractivity contribution in [3.05, 3.63) is 65.5 Å². The lowest BCUT2D eigenvalue weighted by molar-refractivity contribution is 0.0951. The van der Waals surface area contributed by atoms with Gasteiger partial charge in [0.15, 0.2) is 0 Å². The lowest BCUT2D eigenvalue weighted by Gasteiger charge is -2.17. The predicted molar refractivity (Wildman–Crippen MR) is 89.8 cm³/mol. The molecule has 24 heavy (non-hydrogen) atoms. The Morgan fingerprint density at radius 2 is 1.75 bits per heavy atom. The van der Waals surface area contributed by atoms with E-state index in [2.05, 4.69) is 5.32 Å². The van der Waals surface area contributed by atoms with Crippen LogP contribution in [0.1, 0.15) is 22.3 Å². The first-order chi connectivity index (χ1) is 11.5. The van der Waals surface area contributed by atoms with Crippen LogP contribution in [0.15, 0.2) is 48.5 Å². The summed E-state index contributed by atoms with van der Waals surface area (Å²) in [4.78, 5) is 12.1. The number of carbonyl (C=O) groups is 1. The van der Waals surface area contributed by atoms with E-state index in [1.807, 2.05) is 0 Å². The zero-order chi connectivity index (χ0) is 17.2. The zero-order valence-electron chi connectivity index (χ0n) is 12.9. The van der Waals surface area contributed by atoms with E-state index in [0.717, 1.165) is 5.56 Å². The summed E-state index contributed by atoms with van der Waals surface area (Å²) in [5, 5.41) is 2.75. The second kappa shape index (κ2) is 6.60. The fourth-order valence-electron chi connectivity index (χ4n) is 2.60. The number of hydrogen-bond acceptors (Lipinski definition) is 3. The third-order valence-electron chi connectivity index (χ3n) is 3.88. The number of hydrogen-bond donors (Lipinski definition) is 1. The fourth-order valence-corrected chi connectivity index (χ4v) is 4.16. The third-order valence-corrected chi connectivity index (χ3v) is 5.75. The van der Waals surface area contributed by atoms with Crippen molar-refractivity contribution in [3.8, 4) is 0 Å². The molecule has 0 atom stereocenters. The third kappa shape index (κ3) is 3.56. The molecular formula is C17H17FN2O3S. The van der Waals surface area contributed by atoms with Crippen LogP contribution in [0.2, 0.25) is 0 Å². The number of amides is 1. The van der Waals surface area contributed by atoms with Crippen LogP contribution in [-0.2, 0) is 16.6 Å². The topological polar surface area (TPSA) is 66.5 Å². The van der Waals surface area contributed by atoms with E-state index in [9.17, 15) is 17.6 Å². The summed E-state index contributed by atoms with van der Waals surface area (Å²) < 4.78 is 38.0. The zero-order valence-corrected chi connectivity index (χ0v) is 13.7. The molecule has 1 heterocycles. The summed E-state index contributed by atoms with van der Waals surface area (Å²) in [7, 11) is -3.22. The minimum Gasteiger partial charge on any atom is -0.348 e. The van der Waals surface area contributed by atoms with Gasteiger partial charge in [0.2, 0.25) is 10.0 Å². The summed E-state index contributed by atoms with van der Waals surface area (Å²) in [5.74, 6) is -0.430. The van der Waals surface area contributed by atoms with E-state index in [-0.39, 0.29) is 17.5 Å². The maximum absolute atomic E-state index is 12.8. The molecule has 1 amide bonds. The molecule has 7 heteroatoms. The van der Waals surface area contributed by atoms with E-state index in [1.165, 1.54) is 16.4 Å². The summed E-state index contributed by atoms with van der Waals surface area (Å²) in [6.45, 7) is 0.764. The summed E-state index contributed by atoms with van der Waals surface area (Å²) in [6.07, 6.45) is 0.613. The normalized spacial score (nSPS) is 16.1. The van der Waals surface area contributed by atoms with Gasteiger partial charge in [0.05, 0.1) is 11.4 Å². The van der Waals surface area contributed by atoms with Crippen LogP contribution in [-0.4, -0.2) is 26.6 Å². The molecule has 0 aliphatic carbocycles. The second-order valence-corrected chi connectivity index (χ2v) is 7.61. The molecule has 0 radical (unpaired) electrons. The lowest BCUT2D eigenvalue weighted by Crippen LogP contribution is -2.25. The first-order valence-corrected chi connectivity index (χ1v) is 9.20. The Bertz CT molecular complexity index is 833. The number of nitrogens with one attached hydrogen (secondary N) is 1. The molecule has 1 N–H and O–H groups in total. The average molecular weight is 348 g/mol. The summed E-state index contributed by atoms with van der Waals surface area (Å²) >= 11 is 0. The number of anilines is 1. The molecule has 0 bridgehead atoms. The molecule has 1 aliphatic heterocycles. The molecule has 0 saturated carbocycles. The second-order valence-electron chi connectivity index (χ2n) is 5.60. The quantitative estimate of drug-likeness (QED) is 0.922. The van der Waals surface area contributed by atoms with Crippen LogP contribution in [0.5, 0.6) is 0 Å². The number of halogens is 1. The van der Waals surface area contributed by atoms with Gasteiger partial charge in [-0.1, -0.05) is 12.1 Å². The molecule has 2 aromatic carbocycles. The number of rotatable bonds is 4. The first kappa shape index (κ1) is 16.4. The Balaban J connectivity index is 1.64. The molecule has 1 aliphatic rings. The van der Waals surface area contributed by atoms with Crippen LogP contribution in [0, 0.1) is 5.82 Å². The van der Waals surface area contributed by atoms with Gasteiger partial charge < -0.3 is 5.32 Å². The van der Waals surface area contributed by atoms with Gasteiger partial charge >= 0.3 is 0 Å². The van der Waals surface area contributed by atoms with Crippen molar-refractivity contribution in [2.24, 2.45) is 0 Å². The Morgan fingerprint density at radius 1 is 1.08 bits per heavy atom. The number of carbonyl (C=O) groups excluding carboxylic acids is 1. The monoisotopic (exact) mass is 348 g/mol. The molecule has 5 nitrogen and oxygen atoms in total. The molecule has 126 valence electrons. The lowest BCUT2D eigenvalue weighted by atomic mass is 10.1. The van der Waals surface area contributed by atoms with Crippen LogP contribution < -0.4 is 9.62 Å². The van der Waals surface area contributed by atoms with Crippen LogP contribution in [0.25, 0.3) is 0 Å². The van der Waals surface area contributed by atoms with E-state index < -0.39 is 10.0 Å². The molecule has 0 spiro atoms. The number of nitrogens with zero attached hydrogens (tertiary/aromatic N) is 1. The van der Waals surface area contributed by atoms with Crippen molar-refractivity contribution >= 4 is 21.6 Å². The molecular weight excluding hydrogens is 331 g/mol. The average Bonchev–Trinajstić information content (AvgIpc) is 2.93. The van der Waals surface area contributed by atoms with Gasteiger partial charge in [-0.2, -0.15) is 0 Å². The van der Waals surface area contributed by atoms with Gasteiger partial charge in [-0.3, -0.25) is 9.10 Å². The van der Waals surface area contributed by atoms with Gasteiger partial charge in [-0.05, 0) is 48.4 Å². The van der Waals surface area contributed by atoms with Gasteiger partial charge in [-0.15, -0.1) is 0 Å². The maximum Gasteiger partial charge on any atom is 0.251 e. The minimum absolute atomic E-state index is 0.160. The SMILES string of the molecule is O=C(NCc1ccc(F)cc1)c1ccc(N2CCCS2(=O)=O)cc1. The smallest absolute Gasteiger partial charge is 0.251 e. The molecule has 0 unspecified atom stereocenters. The van der Waals surface area contributed by atoms with E-state index >= 15 is 0 Å². The van der Waals surface area contributed by atoms with Crippen LogP contribution in [0.4, 0.5) is 10.1 Å². The first-order valence-electron chi connectivity index (χ1n) is 7.59. The Hall–Kier alpha value is -2.41. The van der Waals surface area contributed by atoms with Crippen molar-refractivity contribution in [3.63, 3.8) is 0 Å². The van der Waals surface area contributed by atoms with Gasteiger partial charge in [-0.25, -0.2) is 12.8 Å². The van der Waals surface area contributed by atoms with Crippen molar-refractivity contribution in [2.75, 3.05) is 16.6 Å². The molecule has 0 aromatic heterocycles. The highest BCUT2D eigenvalue weighted by molar-refractivity contribution is 7.93. The highest BCUT2D eigenvalue weighted by atomic mass is 32.2. The number of sulfonamides is 1. The van der Waals surface area contributed by atoms with E-state index in [1.54, 1.807) is 36.4 Å². The minimum atomic E-state index is -3.22. The van der Waals surface area contributed by atoms with Crippen molar-refractivity contribution in [2.45, 2.75) is 13.0 Å². The van der Waals surface area contributed by atoms with Gasteiger partial charge in [0.1, 0.15) is 5.82 Å². The van der Waals surface area contributed by atoms with E-state index in [0.29, 0.717) is 30.8 Å². The van der Waals surface area contributed by atoms with Gasteiger partial charge in [0.25, 0.3) is 5.91 Å². The maximum atomic E-state index is 12.8. The Morgan fingerprint density at radius 3 is 2.33 bits per heavy atom. The Labute approximate surface area is 140 Å². The van der Waals surface area contributed by atoms with E-state index in [4.69, 9.17) is 0 Å². The van der Waals surface area contributed by atoms with Crippen LogP contribution in [0.3, 0.4) is 0 Å². The highest BCUT2D eigenvalue weighted by Crippen LogP contribution is 2.24. The molecule has 3 rings (SSSR count). The standard InChI is InChI=1S/C17H17FN2O3S/c18-15-6-2-13(3-7-15)12-19-17(21)14-4-8-16(9-5-14)20-10-1-11-24(20,22)23/h2-9H,1,10-12H2,(H,19,21). The Kier molecular flexibility index (Phi) is 4.53. The van der Waals surface area contributed by atoms with Crippen molar-refractivity contribution in [1.29, 1.82) is 0 Å². The van der Waals surface area contributed by atoms with Crippen molar-refractivity contribution < 1.29 is 17.6 Å². The molecule has 1 fully saturated rings. The largest absolute Gasteiger partial charge is 0.348 e.